The highest BCUT2D eigenvalue weighted by atomic mass is 33.1. The van der Waals surface area contributed by atoms with E-state index in [2.05, 4.69) is 66.0 Å². The molecule has 1 rings (SSSR count). The van der Waals surface area contributed by atoms with Gasteiger partial charge in [0.1, 0.15) is 0 Å². The molecule has 0 aromatic heterocycles. The predicted octanol–water partition coefficient (Wildman–Crippen LogP) is 5.53. The van der Waals surface area contributed by atoms with Crippen molar-refractivity contribution in [2.24, 2.45) is 0 Å². The molecule has 0 atom stereocenters. The van der Waals surface area contributed by atoms with Crippen LogP contribution in [0.1, 0.15) is 73.1 Å². The Kier molecular flexibility index (Phi) is 11.4. The summed E-state index contributed by atoms with van der Waals surface area (Å²) in [5.74, 6) is 1.32. The summed E-state index contributed by atoms with van der Waals surface area (Å²) >= 11 is 0. The molecule has 0 amide bonds. The van der Waals surface area contributed by atoms with E-state index in [1.165, 1.54) is 77.0 Å². The van der Waals surface area contributed by atoms with Crippen molar-refractivity contribution in [3.63, 3.8) is 0 Å². The zero-order valence-electron chi connectivity index (χ0n) is 16.3. The third-order valence-corrected chi connectivity index (χ3v) is 7.97. The molecule has 0 aromatic rings. The van der Waals surface area contributed by atoms with Gasteiger partial charge < -0.3 is 0 Å². The van der Waals surface area contributed by atoms with E-state index in [-0.39, 0.29) is 0 Å². The second kappa shape index (κ2) is 12.1. The second-order valence-corrected chi connectivity index (χ2v) is 11.0. The van der Waals surface area contributed by atoms with Crippen LogP contribution < -0.4 is 0 Å². The quantitative estimate of drug-likeness (QED) is 0.333. The van der Waals surface area contributed by atoms with Gasteiger partial charge in [-0.05, 0) is 34.1 Å². The number of hydrogen-bond donors (Lipinski definition) is 0. The SMILES string of the molecule is CCCCCCCCSSC(C)(C)CN1CCN(C(C)C)CC1. The third-order valence-electron chi connectivity index (χ3n) is 4.61. The first-order valence-electron chi connectivity index (χ1n) is 9.71. The second-order valence-electron chi connectivity index (χ2n) is 7.84. The summed E-state index contributed by atoms with van der Waals surface area (Å²) in [6, 6.07) is 0.701. The Morgan fingerprint density at radius 2 is 1.52 bits per heavy atom. The van der Waals surface area contributed by atoms with Gasteiger partial charge in [-0.15, -0.1) is 0 Å². The molecule has 0 saturated carbocycles. The third kappa shape index (κ3) is 10.3. The molecule has 0 unspecified atom stereocenters. The van der Waals surface area contributed by atoms with Crippen molar-refractivity contribution in [1.29, 1.82) is 0 Å². The maximum Gasteiger partial charge on any atom is 0.0334 e. The van der Waals surface area contributed by atoms with Crippen molar-refractivity contribution >= 4 is 21.6 Å². The van der Waals surface area contributed by atoms with Crippen molar-refractivity contribution in [3.8, 4) is 0 Å². The van der Waals surface area contributed by atoms with E-state index in [4.69, 9.17) is 0 Å². The van der Waals surface area contributed by atoms with Gasteiger partial charge in [0.2, 0.25) is 0 Å². The fraction of sp³-hybridized carbons (Fsp3) is 1.00. The summed E-state index contributed by atoms with van der Waals surface area (Å²) in [4.78, 5) is 5.27. The van der Waals surface area contributed by atoms with E-state index >= 15 is 0 Å². The number of rotatable bonds is 12. The molecule has 1 saturated heterocycles. The van der Waals surface area contributed by atoms with Crippen molar-refractivity contribution in [1.82, 2.24) is 9.80 Å². The minimum Gasteiger partial charge on any atom is -0.299 e. The Morgan fingerprint density at radius 1 is 0.913 bits per heavy atom. The zero-order valence-corrected chi connectivity index (χ0v) is 17.9. The maximum absolute atomic E-state index is 2.66. The van der Waals surface area contributed by atoms with Crippen molar-refractivity contribution in [3.05, 3.63) is 0 Å². The van der Waals surface area contributed by atoms with Crippen LogP contribution in [0.15, 0.2) is 0 Å². The fourth-order valence-corrected chi connectivity index (χ4v) is 5.82. The molecule has 0 aliphatic carbocycles. The lowest BCUT2D eigenvalue weighted by atomic mass is 10.1. The first kappa shape index (κ1) is 21.7. The molecular formula is C19H40N2S2. The van der Waals surface area contributed by atoms with Crippen LogP contribution >= 0.6 is 21.6 Å². The summed E-state index contributed by atoms with van der Waals surface area (Å²) in [7, 11) is 4.21. The molecular weight excluding hydrogens is 320 g/mol. The lowest BCUT2D eigenvalue weighted by Crippen LogP contribution is -2.51. The maximum atomic E-state index is 2.66. The van der Waals surface area contributed by atoms with Crippen LogP contribution in [-0.4, -0.2) is 59.1 Å². The zero-order chi connectivity index (χ0) is 17.1. The molecule has 138 valence electrons. The average molecular weight is 361 g/mol. The standard InChI is InChI=1S/C19H40N2S2/c1-6-7-8-9-10-11-16-22-23-19(4,5)17-20-12-14-21(15-13-20)18(2)3/h18H,6-17H2,1-5H3. The molecule has 1 aliphatic rings. The Bertz CT molecular complexity index is 287. The largest absolute Gasteiger partial charge is 0.299 e. The number of piperazine rings is 1. The first-order chi connectivity index (χ1) is 10.9. The molecule has 0 spiro atoms. The number of nitrogens with zero attached hydrogens (tertiary/aromatic N) is 2. The summed E-state index contributed by atoms with van der Waals surface area (Å²) in [5, 5.41) is 0. The molecule has 0 bridgehead atoms. The van der Waals surface area contributed by atoms with Crippen molar-refractivity contribution in [2.45, 2.75) is 83.9 Å². The molecule has 1 fully saturated rings. The normalized spacial score (nSPS) is 18.0. The van der Waals surface area contributed by atoms with Gasteiger partial charge in [-0.25, -0.2) is 0 Å². The van der Waals surface area contributed by atoms with Crippen LogP contribution in [0.5, 0.6) is 0 Å². The van der Waals surface area contributed by atoms with Crippen molar-refractivity contribution < 1.29 is 0 Å². The van der Waals surface area contributed by atoms with Gasteiger partial charge >= 0.3 is 0 Å². The van der Waals surface area contributed by atoms with Crippen molar-refractivity contribution in [2.75, 3.05) is 38.5 Å². The van der Waals surface area contributed by atoms with Gasteiger partial charge in [0.05, 0.1) is 0 Å². The topological polar surface area (TPSA) is 6.48 Å². The van der Waals surface area contributed by atoms with Gasteiger partial charge in [0, 0.05) is 49.3 Å². The molecule has 1 aliphatic heterocycles. The minimum atomic E-state index is 0.368. The summed E-state index contributed by atoms with van der Waals surface area (Å²) in [5.41, 5.74) is 0. The van der Waals surface area contributed by atoms with Crippen LogP contribution in [0.4, 0.5) is 0 Å². The first-order valence-corrected chi connectivity index (χ1v) is 12.0. The average Bonchev–Trinajstić information content (AvgIpc) is 2.50. The molecule has 0 radical (unpaired) electrons. The van der Waals surface area contributed by atoms with Crippen LogP contribution in [-0.2, 0) is 0 Å². The Hall–Kier alpha value is 0.620. The van der Waals surface area contributed by atoms with Gasteiger partial charge in [-0.2, -0.15) is 0 Å². The molecule has 0 N–H and O–H groups in total. The lowest BCUT2D eigenvalue weighted by Gasteiger charge is -2.40. The van der Waals surface area contributed by atoms with Gasteiger partial charge in [-0.1, -0.05) is 60.6 Å². The van der Waals surface area contributed by atoms with Crippen LogP contribution in [0.3, 0.4) is 0 Å². The fourth-order valence-electron chi connectivity index (χ4n) is 3.15. The van der Waals surface area contributed by atoms with Gasteiger partial charge in [0.25, 0.3) is 0 Å². The highest BCUT2D eigenvalue weighted by Crippen LogP contribution is 2.37. The Labute approximate surface area is 153 Å². The summed E-state index contributed by atoms with van der Waals surface area (Å²) < 4.78 is 0.368. The monoisotopic (exact) mass is 360 g/mol. The van der Waals surface area contributed by atoms with Crippen LogP contribution in [0, 0.1) is 0 Å². The predicted molar refractivity (Wildman–Crippen MR) is 111 cm³/mol. The van der Waals surface area contributed by atoms with Crippen LogP contribution in [0.25, 0.3) is 0 Å². The smallest absolute Gasteiger partial charge is 0.0334 e. The van der Waals surface area contributed by atoms with E-state index < -0.39 is 0 Å². The number of hydrogen-bond acceptors (Lipinski definition) is 4. The molecule has 2 nitrogen and oxygen atoms in total. The van der Waals surface area contributed by atoms with Gasteiger partial charge in [0.15, 0.2) is 0 Å². The van der Waals surface area contributed by atoms with E-state index in [1.54, 1.807) is 0 Å². The van der Waals surface area contributed by atoms with E-state index in [0.29, 0.717) is 10.8 Å². The lowest BCUT2D eigenvalue weighted by molar-refractivity contribution is 0.104. The van der Waals surface area contributed by atoms with Gasteiger partial charge in [-0.3, -0.25) is 9.80 Å². The highest BCUT2D eigenvalue weighted by Gasteiger charge is 2.26. The molecule has 23 heavy (non-hydrogen) atoms. The number of unbranched alkanes of at least 4 members (excludes halogenated alkanes) is 5. The molecule has 4 heteroatoms. The molecule has 0 aromatic carbocycles. The highest BCUT2D eigenvalue weighted by molar-refractivity contribution is 8.77. The molecule has 1 heterocycles. The van der Waals surface area contributed by atoms with E-state index in [9.17, 15) is 0 Å². The summed E-state index contributed by atoms with van der Waals surface area (Å²) in [6.45, 7) is 17.9. The Morgan fingerprint density at radius 3 is 2.13 bits per heavy atom. The minimum absolute atomic E-state index is 0.368. The van der Waals surface area contributed by atoms with Crippen LogP contribution in [0.2, 0.25) is 0 Å². The van der Waals surface area contributed by atoms with E-state index in [0.717, 1.165) is 0 Å². The summed E-state index contributed by atoms with van der Waals surface area (Å²) in [6.07, 6.45) is 8.45. The van der Waals surface area contributed by atoms with E-state index in [1.807, 2.05) is 0 Å². The Balaban J connectivity index is 2.07.